The van der Waals surface area contributed by atoms with E-state index in [1.807, 2.05) is 0 Å². The van der Waals surface area contributed by atoms with Gasteiger partial charge < -0.3 is 14.6 Å². The lowest BCUT2D eigenvalue weighted by Gasteiger charge is -2.20. The maximum Gasteiger partial charge on any atom is 0.453 e. The van der Waals surface area contributed by atoms with E-state index >= 15 is 0 Å². The first kappa shape index (κ1) is 19.6. The molecular weight excluding hydrogens is 341 g/mol. The smallest absolute Gasteiger partial charge is 0.453 e. The van der Waals surface area contributed by atoms with Crippen molar-refractivity contribution in [3.8, 4) is 0 Å². The van der Waals surface area contributed by atoms with Crippen molar-refractivity contribution in [1.82, 2.24) is 10.5 Å². The second kappa shape index (κ2) is 7.88. The number of halogens is 5. The van der Waals surface area contributed by atoms with E-state index in [-0.39, 0.29) is 18.0 Å². The highest BCUT2D eigenvalue weighted by Gasteiger charge is 2.56. The Morgan fingerprint density at radius 1 is 1.42 bits per heavy atom. The Morgan fingerprint density at radius 2 is 2.08 bits per heavy atom. The molecule has 0 saturated heterocycles. The highest BCUT2D eigenvalue weighted by atomic mass is 19.4. The van der Waals surface area contributed by atoms with Gasteiger partial charge in [-0.25, -0.2) is 4.79 Å². The van der Waals surface area contributed by atoms with Gasteiger partial charge in [0.2, 0.25) is 0 Å². The molecule has 0 radical (unpaired) electrons. The molecule has 0 aliphatic heterocycles. The summed E-state index contributed by atoms with van der Waals surface area (Å²) in [6.45, 7) is 0.756. The topological polar surface area (TPSA) is 88.2 Å². The minimum Gasteiger partial charge on any atom is -0.461 e. The maximum absolute atomic E-state index is 12.9. The van der Waals surface area contributed by atoms with Crippen LogP contribution in [-0.4, -0.2) is 42.1 Å². The third kappa shape index (κ3) is 5.32. The van der Waals surface area contributed by atoms with Gasteiger partial charge in [0.1, 0.15) is 17.7 Å². The van der Waals surface area contributed by atoms with Crippen molar-refractivity contribution in [2.24, 2.45) is 0 Å². The summed E-state index contributed by atoms with van der Waals surface area (Å²) in [6.07, 6.45) is -5.16. The second-order valence-electron chi connectivity index (χ2n) is 4.46. The monoisotopic (exact) mass is 355 g/mol. The number of rotatable bonds is 8. The lowest BCUT2D eigenvalue weighted by molar-refractivity contribution is -0.283. The molecule has 134 valence electrons. The summed E-state index contributed by atoms with van der Waals surface area (Å²) in [5, 5.41) is 13.3. The van der Waals surface area contributed by atoms with Crippen LogP contribution in [0.5, 0.6) is 0 Å². The Kier molecular flexibility index (Phi) is 6.43. The summed E-state index contributed by atoms with van der Waals surface area (Å²) in [7, 11) is 0. The molecule has 0 saturated carbocycles. The molecule has 1 aromatic rings. The van der Waals surface area contributed by atoms with Gasteiger partial charge in [-0.15, -0.1) is 0 Å². The number of nitrogens with zero attached hydrogens (tertiary/aromatic N) is 1. The minimum absolute atomic E-state index is 0.0135. The van der Waals surface area contributed by atoms with E-state index in [9.17, 15) is 26.7 Å². The molecule has 1 heterocycles. The molecule has 24 heavy (non-hydrogen) atoms. The average Bonchev–Trinajstić information content (AvgIpc) is 2.99. The normalized spacial score (nSPS) is 12.8. The predicted molar refractivity (Wildman–Crippen MR) is 72.5 cm³/mol. The van der Waals surface area contributed by atoms with E-state index in [1.165, 1.54) is 13.0 Å². The molecule has 6 nitrogen and oxygen atoms in total. The van der Waals surface area contributed by atoms with Gasteiger partial charge in [-0.1, -0.05) is 5.16 Å². The fraction of sp³-hybridized carbons (Fsp3) is 0.462. The first-order valence-corrected chi connectivity index (χ1v) is 6.65. The Labute approximate surface area is 133 Å². The number of alkyl halides is 5. The zero-order valence-electron chi connectivity index (χ0n) is 12.4. The van der Waals surface area contributed by atoms with Crippen LogP contribution in [0.2, 0.25) is 0 Å². The SMILES string of the molecule is CCOC(=O)C(=N)/C=C(\NCCC(F)(F)C(F)(F)F)c1ccon1. The highest BCUT2D eigenvalue weighted by Crippen LogP contribution is 2.37. The number of hydrogen-bond donors (Lipinski definition) is 2. The van der Waals surface area contributed by atoms with Crippen LogP contribution in [0.15, 0.2) is 22.9 Å². The molecule has 0 bridgehead atoms. The van der Waals surface area contributed by atoms with Crippen molar-refractivity contribution < 1.29 is 36.0 Å². The molecule has 0 amide bonds. The van der Waals surface area contributed by atoms with Crippen LogP contribution in [0.1, 0.15) is 19.0 Å². The highest BCUT2D eigenvalue weighted by molar-refractivity contribution is 6.40. The van der Waals surface area contributed by atoms with E-state index in [2.05, 4.69) is 19.7 Å². The molecule has 2 N–H and O–H groups in total. The van der Waals surface area contributed by atoms with Crippen LogP contribution < -0.4 is 5.32 Å². The van der Waals surface area contributed by atoms with Crippen molar-refractivity contribution in [2.75, 3.05) is 13.2 Å². The largest absolute Gasteiger partial charge is 0.461 e. The van der Waals surface area contributed by atoms with E-state index in [0.717, 1.165) is 12.3 Å². The molecule has 1 aromatic heterocycles. The Bertz CT molecular complexity index is 596. The summed E-state index contributed by atoms with van der Waals surface area (Å²) in [6, 6.07) is 1.28. The number of aromatic nitrogens is 1. The van der Waals surface area contributed by atoms with Crippen molar-refractivity contribution in [2.45, 2.75) is 25.4 Å². The second-order valence-corrected chi connectivity index (χ2v) is 4.46. The van der Waals surface area contributed by atoms with Crippen molar-refractivity contribution >= 4 is 17.4 Å². The molecular formula is C13H14F5N3O3. The maximum atomic E-state index is 12.9. The standard InChI is InChI=1S/C13H14F5N3O3/c1-2-23-11(22)8(19)7-10(9-3-6-24-21-9)20-5-4-12(14,15)13(16,17)18/h3,6-7,19-20H,2,4-5H2,1H3/b10-7-,19-8?. The van der Waals surface area contributed by atoms with Crippen LogP contribution in [0.3, 0.4) is 0 Å². The van der Waals surface area contributed by atoms with Crippen molar-refractivity contribution in [3.05, 3.63) is 24.1 Å². The summed E-state index contributed by atoms with van der Waals surface area (Å²) in [4.78, 5) is 11.4. The number of carbonyl (C=O) groups excluding carboxylic acids is 1. The third-order valence-electron chi connectivity index (χ3n) is 2.67. The molecule has 0 aliphatic carbocycles. The van der Waals surface area contributed by atoms with Gasteiger partial charge >= 0.3 is 18.1 Å². The van der Waals surface area contributed by atoms with Gasteiger partial charge in [-0.05, 0) is 13.0 Å². The van der Waals surface area contributed by atoms with E-state index < -0.39 is 36.7 Å². The zero-order chi connectivity index (χ0) is 18.4. The number of esters is 1. The molecule has 0 aromatic carbocycles. The Morgan fingerprint density at radius 3 is 2.58 bits per heavy atom. The fourth-order valence-corrected chi connectivity index (χ4v) is 1.48. The lowest BCUT2D eigenvalue weighted by Crippen LogP contribution is -2.38. The molecule has 1 rings (SSSR count). The van der Waals surface area contributed by atoms with Crippen molar-refractivity contribution in [1.29, 1.82) is 5.41 Å². The third-order valence-corrected chi connectivity index (χ3v) is 2.67. The summed E-state index contributed by atoms with van der Waals surface area (Å²) in [5.41, 5.74) is -0.732. The number of ether oxygens (including phenoxy) is 1. The number of nitrogens with one attached hydrogen (secondary N) is 2. The molecule has 0 unspecified atom stereocenters. The van der Waals surface area contributed by atoms with Gasteiger partial charge in [-0.2, -0.15) is 22.0 Å². The van der Waals surface area contributed by atoms with Gasteiger partial charge in [0.05, 0.1) is 12.3 Å². The predicted octanol–water partition coefficient (Wildman–Crippen LogP) is 2.78. The molecule has 0 spiro atoms. The fourth-order valence-electron chi connectivity index (χ4n) is 1.48. The van der Waals surface area contributed by atoms with E-state index in [0.29, 0.717) is 0 Å². The molecule has 11 heteroatoms. The van der Waals surface area contributed by atoms with Gasteiger partial charge in [0.15, 0.2) is 0 Å². The Balaban J connectivity index is 2.83. The zero-order valence-corrected chi connectivity index (χ0v) is 12.4. The molecule has 0 aliphatic rings. The van der Waals surface area contributed by atoms with E-state index in [1.54, 1.807) is 0 Å². The number of hydrogen-bond acceptors (Lipinski definition) is 6. The van der Waals surface area contributed by atoms with Gasteiger partial charge in [0.25, 0.3) is 0 Å². The van der Waals surface area contributed by atoms with Gasteiger partial charge in [0, 0.05) is 19.0 Å². The average molecular weight is 355 g/mol. The Hall–Kier alpha value is -2.46. The quantitative estimate of drug-likeness (QED) is 0.425. The lowest BCUT2D eigenvalue weighted by atomic mass is 10.2. The first-order valence-electron chi connectivity index (χ1n) is 6.65. The minimum atomic E-state index is -5.66. The summed E-state index contributed by atoms with van der Waals surface area (Å²) >= 11 is 0. The van der Waals surface area contributed by atoms with Crippen LogP contribution in [0.4, 0.5) is 22.0 Å². The number of carbonyl (C=O) groups is 1. The van der Waals surface area contributed by atoms with Crippen LogP contribution >= 0.6 is 0 Å². The summed E-state index contributed by atoms with van der Waals surface area (Å²) in [5.74, 6) is -5.86. The molecule has 0 fully saturated rings. The van der Waals surface area contributed by atoms with Crippen LogP contribution in [-0.2, 0) is 9.53 Å². The van der Waals surface area contributed by atoms with Crippen molar-refractivity contribution in [3.63, 3.8) is 0 Å². The van der Waals surface area contributed by atoms with Crippen LogP contribution in [0.25, 0.3) is 5.70 Å². The summed E-state index contributed by atoms with van der Waals surface area (Å²) < 4.78 is 71.2. The van der Waals surface area contributed by atoms with E-state index in [4.69, 9.17) is 5.41 Å². The van der Waals surface area contributed by atoms with Crippen LogP contribution in [0, 0.1) is 5.41 Å². The molecule has 0 atom stereocenters. The van der Waals surface area contributed by atoms with Gasteiger partial charge in [-0.3, -0.25) is 5.41 Å². The first-order chi connectivity index (χ1) is 11.1.